The molecule has 1 rings (SSSR count). The van der Waals surface area contributed by atoms with Gasteiger partial charge in [-0.3, -0.25) is 0 Å². The summed E-state index contributed by atoms with van der Waals surface area (Å²) in [6.07, 6.45) is 0. The molecule has 0 aliphatic heterocycles. The van der Waals surface area contributed by atoms with Crippen molar-refractivity contribution in [2.45, 2.75) is 0 Å². The molecule has 4 nitrogen and oxygen atoms in total. The van der Waals surface area contributed by atoms with Gasteiger partial charge in [-0.1, -0.05) is 0 Å². The van der Waals surface area contributed by atoms with Crippen LogP contribution < -0.4 is 0 Å². The summed E-state index contributed by atoms with van der Waals surface area (Å²) in [5.74, 6) is 0.339. The molecular formula is C6H6O4S. The zero-order valence-electron chi connectivity index (χ0n) is 5.43. The molecule has 2 N–H and O–H groups in total. The zero-order valence-corrected chi connectivity index (χ0v) is 6.25. The van der Waals surface area contributed by atoms with Crippen LogP contribution in [-0.4, -0.2) is 18.6 Å². The van der Waals surface area contributed by atoms with Gasteiger partial charge in [0.1, 0.15) is 11.5 Å². The van der Waals surface area contributed by atoms with Crippen molar-refractivity contribution in [2.24, 2.45) is 0 Å². The molecule has 0 spiro atoms. The Labute approximate surface area is 66.7 Å². The number of benzene rings is 1. The fraction of sp³-hybridized carbons (Fsp3) is 0. The summed E-state index contributed by atoms with van der Waals surface area (Å²) in [6.45, 7) is 0. The van der Waals surface area contributed by atoms with Crippen molar-refractivity contribution in [1.82, 2.24) is 0 Å². The van der Waals surface area contributed by atoms with Gasteiger partial charge in [0.05, 0.1) is 0 Å². The van der Waals surface area contributed by atoms with Gasteiger partial charge in [-0.25, -0.2) is 0 Å². The Morgan fingerprint density at radius 1 is 0.909 bits per heavy atom. The van der Waals surface area contributed by atoms with Gasteiger partial charge < -0.3 is 10.2 Å². The summed E-state index contributed by atoms with van der Waals surface area (Å²) in [5, 5.41) is 17.3. The molecule has 0 unspecified atom stereocenters. The molecule has 0 aliphatic rings. The molecule has 0 radical (unpaired) electrons. The third-order valence-electron chi connectivity index (χ3n) is 0.850. The van der Waals surface area contributed by atoms with Gasteiger partial charge in [-0.05, 0) is 24.3 Å². The molecule has 60 valence electrons. The second kappa shape index (κ2) is 5.43. The zero-order chi connectivity index (χ0) is 8.69. The molecule has 1 aromatic carbocycles. The molecule has 0 fully saturated rings. The molecule has 0 aliphatic carbocycles. The van der Waals surface area contributed by atoms with Crippen molar-refractivity contribution in [3.63, 3.8) is 0 Å². The van der Waals surface area contributed by atoms with E-state index in [4.69, 9.17) is 18.6 Å². The Balaban J connectivity index is 0.000000292. The minimum absolute atomic E-state index is 0.169. The monoisotopic (exact) mass is 174 g/mol. The highest BCUT2D eigenvalue weighted by Gasteiger charge is 1.84. The van der Waals surface area contributed by atoms with Crippen molar-refractivity contribution in [3.05, 3.63) is 24.3 Å². The molecule has 0 saturated carbocycles. The Morgan fingerprint density at radius 3 is 1.27 bits per heavy atom. The van der Waals surface area contributed by atoms with Crippen LogP contribution in [0.4, 0.5) is 0 Å². The second-order valence-corrected chi connectivity index (χ2v) is 1.72. The predicted octanol–water partition coefficient (Wildman–Crippen LogP) is 0.428. The van der Waals surface area contributed by atoms with Crippen LogP contribution >= 0.6 is 0 Å². The Kier molecular flexibility index (Phi) is 4.76. The maximum Gasteiger partial charge on any atom is 0.335 e. The molecule has 1 aromatic rings. The molecule has 5 heteroatoms. The predicted molar refractivity (Wildman–Crippen MR) is 38.7 cm³/mol. The molecule has 0 bridgehead atoms. The molecule has 0 amide bonds. The fourth-order valence-electron chi connectivity index (χ4n) is 0.453. The average Bonchev–Trinajstić information content (AvgIpc) is 1.97. The average molecular weight is 174 g/mol. The molecule has 0 saturated heterocycles. The second-order valence-electron chi connectivity index (χ2n) is 1.58. The van der Waals surface area contributed by atoms with Gasteiger partial charge in [0.2, 0.25) is 0 Å². The fourth-order valence-corrected chi connectivity index (χ4v) is 0.453. The summed E-state index contributed by atoms with van der Waals surface area (Å²) >= 11 is -0.750. The highest BCUT2D eigenvalue weighted by atomic mass is 32.1. The summed E-state index contributed by atoms with van der Waals surface area (Å²) < 4.78 is 16.6. The van der Waals surface area contributed by atoms with E-state index in [0.717, 1.165) is 0 Å². The van der Waals surface area contributed by atoms with Crippen LogP contribution in [0.3, 0.4) is 0 Å². The first-order valence-electron chi connectivity index (χ1n) is 2.60. The van der Waals surface area contributed by atoms with Crippen molar-refractivity contribution in [1.29, 1.82) is 0 Å². The van der Waals surface area contributed by atoms with Crippen LogP contribution in [0.5, 0.6) is 11.5 Å². The first-order valence-corrected chi connectivity index (χ1v) is 3.27. The van der Waals surface area contributed by atoms with Crippen molar-refractivity contribution in [2.75, 3.05) is 0 Å². The lowest BCUT2D eigenvalue weighted by Crippen LogP contribution is -1.61. The third kappa shape index (κ3) is 5.10. The quantitative estimate of drug-likeness (QED) is 0.559. The van der Waals surface area contributed by atoms with Crippen molar-refractivity contribution >= 4 is 11.6 Å². The van der Waals surface area contributed by atoms with Crippen molar-refractivity contribution < 1.29 is 18.6 Å². The number of hydrogen-bond donors (Lipinski definition) is 2. The van der Waals surface area contributed by atoms with E-state index in [-0.39, 0.29) is 11.5 Å². The lowest BCUT2D eigenvalue weighted by molar-refractivity contribution is 0.460. The first-order chi connectivity index (χ1) is 5.20. The van der Waals surface area contributed by atoms with Gasteiger partial charge in [-0.2, -0.15) is 8.42 Å². The van der Waals surface area contributed by atoms with E-state index >= 15 is 0 Å². The van der Waals surface area contributed by atoms with E-state index in [2.05, 4.69) is 0 Å². The highest BCUT2D eigenvalue weighted by molar-refractivity contribution is 7.51. The van der Waals surface area contributed by atoms with E-state index in [0.29, 0.717) is 0 Å². The van der Waals surface area contributed by atoms with Crippen LogP contribution in [0.25, 0.3) is 0 Å². The molecular weight excluding hydrogens is 168 g/mol. The maximum absolute atomic E-state index is 8.65. The van der Waals surface area contributed by atoms with Crippen LogP contribution in [0.1, 0.15) is 0 Å². The van der Waals surface area contributed by atoms with E-state index in [1.165, 1.54) is 24.3 Å². The van der Waals surface area contributed by atoms with Gasteiger partial charge in [0.15, 0.2) is 0 Å². The maximum atomic E-state index is 8.65. The van der Waals surface area contributed by atoms with E-state index in [1.54, 1.807) is 0 Å². The number of hydrogen-bond acceptors (Lipinski definition) is 4. The molecule has 0 atom stereocenters. The largest absolute Gasteiger partial charge is 0.508 e. The van der Waals surface area contributed by atoms with Crippen LogP contribution in [0.2, 0.25) is 0 Å². The van der Waals surface area contributed by atoms with Gasteiger partial charge >= 0.3 is 11.6 Å². The first kappa shape index (κ1) is 9.64. The van der Waals surface area contributed by atoms with E-state index in [1.807, 2.05) is 0 Å². The summed E-state index contributed by atoms with van der Waals surface area (Å²) in [6, 6.07) is 5.70. The minimum atomic E-state index is -0.750. The summed E-state index contributed by atoms with van der Waals surface area (Å²) in [7, 11) is 0. The number of aromatic hydroxyl groups is 2. The Bertz CT molecular complexity index is 216. The van der Waals surface area contributed by atoms with E-state index < -0.39 is 11.6 Å². The topological polar surface area (TPSA) is 74.6 Å². The third-order valence-corrected chi connectivity index (χ3v) is 0.850. The lowest BCUT2D eigenvalue weighted by atomic mass is 10.3. The van der Waals surface area contributed by atoms with Crippen LogP contribution in [0, 0.1) is 0 Å². The number of phenolic OH excluding ortho intramolecular Hbond substituents is 2. The van der Waals surface area contributed by atoms with Gasteiger partial charge in [-0.15, -0.1) is 0 Å². The minimum Gasteiger partial charge on any atom is -0.508 e. The normalized spacial score (nSPS) is 7.64. The smallest absolute Gasteiger partial charge is 0.335 e. The summed E-state index contributed by atoms with van der Waals surface area (Å²) in [4.78, 5) is 0. The SMILES string of the molecule is O=S=O.Oc1ccc(O)cc1. The number of phenols is 2. The van der Waals surface area contributed by atoms with Crippen molar-refractivity contribution in [3.8, 4) is 11.5 Å². The van der Waals surface area contributed by atoms with Crippen LogP contribution in [0.15, 0.2) is 24.3 Å². The van der Waals surface area contributed by atoms with Gasteiger partial charge in [0, 0.05) is 0 Å². The molecule has 11 heavy (non-hydrogen) atoms. The highest BCUT2D eigenvalue weighted by Crippen LogP contribution is 2.13. The summed E-state index contributed by atoms with van der Waals surface area (Å²) in [5.41, 5.74) is 0. The number of rotatable bonds is 0. The standard InChI is InChI=1S/C6H6O2.O2S/c7-5-1-2-6(8)4-3-5;1-3-2/h1-4,7-8H;. The Morgan fingerprint density at radius 2 is 1.09 bits per heavy atom. The molecule has 0 aromatic heterocycles. The van der Waals surface area contributed by atoms with E-state index in [9.17, 15) is 0 Å². The lowest BCUT2D eigenvalue weighted by Gasteiger charge is -1.88. The Hall–Kier alpha value is -1.36. The molecule has 0 heterocycles. The van der Waals surface area contributed by atoms with Crippen LogP contribution in [-0.2, 0) is 11.6 Å². The van der Waals surface area contributed by atoms with Gasteiger partial charge in [0.25, 0.3) is 0 Å².